The highest BCUT2D eigenvalue weighted by molar-refractivity contribution is 5.82. The van der Waals surface area contributed by atoms with Gasteiger partial charge in [0.1, 0.15) is 5.75 Å². The van der Waals surface area contributed by atoms with Gasteiger partial charge in [-0.1, -0.05) is 48.0 Å². The standard InChI is InChI=1S/C17H18N2O2/c1-13-7-9-15(10-8-13)11-18-19-17(20)12-21-16-6-4-3-5-14(16)2/h3-11H,12H2,1-2H3,(H,19,20)/b18-11-. The Morgan fingerprint density at radius 1 is 1.14 bits per heavy atom. The maximum absolute atomic E-state index is 11.6. The Labute approximate surface area is 124 Å². The van der Waals surface area contributed by atoms with Gasteiger partial charge in [0.05, 0.1) is 6.21 Å². The molecule has 0 aliphatic rings. The molecule has 2 aromatic carbocycles. The molecule has 0 aliphatic carbocycles. The molecule has 0 fully saturated rings. The number of ether oxygens (including phenoxy) is 1. The van der Waals surface area contributed by atoms with Crippen LogP contribution in [0.5, 0.6) is 5.75 Å². The van der Waals surface area contributed by atoms with E-state index in [9.17, 15) is 4.79 Å². The molecule has 4 heteroatoms. The minimum Gasteiger partial charge on any atom is -0.483 e. The zero-order valence-electron chi connectivity index (χ0n) is 12.2. The van der Waals surface area contributed by atoms with Crippen molar-refractivity contribution in [1.29, 1.82) is 0 Å². The van der Waals surface area contributed by atoms with E-state index < -0.39 is 0 Å². The van der Waals surface area contributed by atoms with Crippen molar-refractivity contribution in [3.8, 4) is 5.75 Å². The quantitative estimate of drug-likeness (QED) is 0.677. The Balaban J connectivity index is 1.80. The summed E-state index contributed by atoms with van der Waals surface area (Å²) in [7, 11) is 0. The molecule has 0 spiro atoms. The highest BCUT2D eigenvalue weighted by atomic mass is 16.5. The lowest BCUT2D eigenvalue weighted by molar-refractivity contribution is -0.123. The number of nitrogens with one attached hydrogen (secondary N) is 1. The largest absolute Gasteiger partial charge is 0.483 e. The summed E-state index contributed by atoms with van der Waals surface area (Å²) in [5.74, 6) is 0.414. The van der Waals surface area contributed by atoms with Crippen LogP contribution in [0.25, 0.3) is 0 Å². The SMILES string of the molecule is Cc1ccc(/C=N\NC(=O)COc2ccccc2C)cc1. The van der Waals surface area contributed by atoms with Crippen LogP contribution in [0.15, 0.2) is 53.6 Å². The lowest BCUT2D eigenvalue weighted by atomic mass is 10.2. The van der Waals surface area contributed by atoms with E-state index in [0.717, 1.165) is 11.1 Å². The van der Waals surface area contributed by atoms with Crippen molar-refractivity contribution in [3.05, 3.63) is 65.2 Å². The maximum Gasteiger partial charge on any atom is 0.277 e. The van der Waals surface area contributed by atoms with Crippen LogP contribution < -0.4 is 10.2 Å². The van der Waals surface area contributed by atoms with E-state index in [1.54, 1.807) is 6.21 Å². The molecule has 0 radical (unpaired) electrons. The average Bonchev–Trinajstić information content (AvgIpc) is 2.48. The number of para-hydroxylation sites is 1. The van der Waals surface area contributed by atoms with E-state index in [2.05, 4.69) is 10.5 Å². The summed E-state index contributed by atoms with van der Waals surface area (Å²) in [5.41, 5.74) is 5.55. The van der Waals surface area contributed by atoms with Gasteiger partial charge in [-0.25, -0.2) is 5.43 Å². The lowest BCUT2D eigenvalue weighted by Crippen LogP contribution is -2.24. The monoisotopic (exact) mass is 282 g/mol. The van der Waals surface area contributed by atoms with Crippen molar-refractivity contribution in [2.45, 2.75) is 13.8 Å². The minimum atomic E-state index is -0.290. The average molecular weight is 282 g/mol. The number of carbonyl (C=O) groups excluding carboxylic acids is 1. The number of carbonyl (C=O) groups is 1. The zero-order valence-corrected chi connectivity index (χ0v) is 12.2. The molecule has 108 valence electrons. The van der Waals surface area contributed by atoms with Crippen LogP contribution >= 0.6 is 0 Å². The molecule has 21 heavy (non-hydrogen) atoms. The number of amides is 1. The van der Waals surface area contributed by atoms with Crippen molar-refractivity contribution < 1.29 is 9.53 Å². The molecule has 0 saturated carbocycles. The number of hydrogen-bond donors (Lipinski definition) is 1. The summed E-state index contributed by atoms with van der Waals surface area (Å²) in [6.07, 6.45) is 1.60. The van der Waals surface area contributed by atoms with Gasteiger partial charge in [-0.2, -0.15) is 5.10 Å². The molecule has 2 rings (SSSR count). The van der Waals surface area contributed by atoms with Gasteiger partial charge < -0.3 is 4.74 Å². The highest BCUT2D eigenvalue weighted by Crippen LogP contribution is 2.15. The van der Waals surface area contributed by atoms with Gasteiger partial charge in [-0.05, 0) is 31.0 Å². The number of hydrogen-bond acceptors (Lipinski definition) is 3. The highest BCUT2D eigenvalue weighted by Gasteiger charge is 2.02. The van der Waals surface area contributed by atoms with E-state index in [1.165, 1.54) is 5.56 Å². The summed E-state index contributed by atoms with van der Waals surface area (Å²) in [5, 5.41) is 3.90. The number of nitrogens with zero attached hydrogens (tertiary/aromatic N) is 1. The van der Waals surface area contributed by atoms with E-state index >= 15 is 0 Å². The van der Waals surface area contributed by atoms with Crippen molar-refractivity contribution in [1.82, 2.24) is 5.43 Å². The fourth-order valence-electron chi connectivity index (χ4n) is 1.73. The predicted octanol–water partition coefficient (Wildman–Crippen LogP) is 2.83. The van der Waals surface area contributed by atoms with Crippen LogP contribution in [0.2, 0.25) is 0 Å². The summed E-state index contributed by atoms with van der Waals surface area (Å²) < 4.78 is 5.43. The van der Waals surface area contributed by atoms with Crippen LogP contribution in [0.3, 0.4) is 0 Å². The van der Waals surface area contributed by atoms with Gasteiger partial charge >= 0.3 is 0 Å². The number of rotatable bonds is 5. The van der Waals surface area contributed by atoms with E-state index in [0.29, 0.717) is 5.75 Å². The molecule has 0 saturated heterocycles. The summed E-state index contributed by atoms with van der Waals surface area (Å²) in [4.78, 5) is 11.6. The van der Waals surface area contributed by atoms with Crippen molar-refractivity contribution >= 4 is 12.1 Å². The minimum absolute atomic E-state index is 0.0594. The van der Waals surface area contributed by atoms with E-state index in [4.69, 9.17) is 4.74 Å². The lowest BCUT2D eigenvalue weighted by Gasteiger charge is -2.07. The molecule has 2 aromatic rings. The number of hydrazone groups is 1. The molecule has 0 unspecified atom stereocenters. The zero-order chi connectivity index (χ0) is 15.1. The van der Waals surface area contributed by atoms with E-state index in [1.807, 2.05) is 62.4 Å². The molecule has 0 aliphatic heterocycles. The number of benzene rings is 2. The number of aryl methyl sites for hydroxylation is 2. The topological polar surface area (TPSA) is 50.7 Å². The molecule has 0 atom stereocenters. The van der Waals surface area contributed by atoms with Gasteiger partial charge in [0.15, 0.2) is 6.61 Å². The van der Waals surface area contributed by atoms with Crippen molar-refractivity contribution in [2.24, 2.45) is 5.10 Å². The van der Waals surface area contributed by atoms with Gasteiger partial charge in [-0.15, -0.1) is 0 Å². The predicted molar refractivity (Wildman–Crippen MR) is 83.6 cm³/mol. The summed E-state index contributed by atoms with van der Waals surface area (Å²) in [6.45, 7) is 3.89. The molecule has 0 aromatic heterocycles. The van der Waals surface area contributed by atoms with Crippen molar-refractivity contribution in [3.63, 3.8) is 0 Å². The van der Waals surface area contributed by atoms with Gasteiger partial charge in [0.25, 0.3) is 5.91 Å². The van der Waals surface area contributed by atoms with E-state index in [-0.39, 0.29) is 12.5 Å². The second-order valence-electron chi connectivity index (χ2n) is 4.76. The first-order chi connectivity index (χ1) is 10.1. The first-order valence-corrected chi connectivity index (χ1v) is 6.72. The fourth-order valence-corrected chi connectivity index (χ4v) is 1.73. The second kappa shape index (κ2) is 7.24. The summed E-state index contributed by atoms with van der Waals surface area (Å²) >= 11 is 0. The Morgan fingerprint density at radius 2 is 1.86 bits per heavy atom. The third-order valence-corrected chi connectivity index (χ3v) is 2.93. The molecule has 1 amide bonds. The maximum atomic E-state index is 11.6. The smallest absolute Gasteiger partial charge is 0.277 e. The van der Waals surface area contributed by atoms with Crippen LogP contribution in [0, 0.1) is 13.8 Å². The Kier molecular flexibility index (Phi) is 5.10. The molecule has 4 nitrogen and oxygen atoms in total. The van der Waals surface area contributed by atoms with Crippen LogP contribution in [0.4, 0.5) is 0 Å². The third-order valence-electron chi connectivity index (χ3n) is 2.93. The van der Waals surface area contributed by atoms with Crippen LogP contribution in [0.1, 0.15) is 16.7 Å². The van der Waals surface area contributed by atoms with Gasteiger partial charge in [-0.3, -0.25) is 4.79 Å². The summed E-state index contributed by atoms with van der Waals surface area (Å²) in [6, 6.07) is 15.4. The van der Waals surface area contributed by atoms with Gasteiger partial charge in [0.2, 0.25) is 0 Å². The third kappa shape index (κ3) is 4.76. The molecular formula is C17H18N2O2. The fraction of sp³-hybridized carbons (Fsp3) is 0.176. The van der Waals surface area contributed by atoms with Crippen LogP contribution in [-0.2, 0) is 4.79 Å². The molecule has 0 heterocycles. The Hall–Kier alpha value is -2.62. The normalized spacial score (nSPS) is 10.6. The van der Waals surface area contributed by atoms with Crippen LogP contribution in [-0.4, -0.2) is 18.7 Å². The van der Waals surface area contributed by atoms with Gasteiger partial charge in [0, 0.05) is 0 Å². The molecule has 0 bridgehead atoms. The molecule has 1 N–H and O–H groups in total. The first-order valence-electron chi connectivity index (χ1n) is 6.72. The first kappa shape index (κ1) is 14.8. The Morgan fingerprint density at radius 3 is 2.57 bits per heavy atom. The Bertz CT molecular complexity index is 633. The second-order valence-corrected chi connectivity index (χ2v) is 4.76. The van der Waals surface area contributed by atoms with Crippen molar-refractivity contribution in [2.75, 3.05) is 6.61 Å². The molecular weight excluding hydrogens is 264 g/mol.